The first-order valence-corrected chi connectivity index (χ1v) is 6.51. The first-order chi connectivity index (χ1) is 9.20. The minimum absolute atomic E-state index is 0.170. The molecular weight excluding hydrogens is 308 g/mol. The van der Waals surface area contributed by atoms with Crippen LogP contribution in [0.3, 0.4) is 0 Å². The Bertz CT molecular complexity index is 573. The zero-order valence-corrected chi connectivity index (χ0v) is 12.0. The molecule has 0 aliphatic carbocycles. The van der Waals surface area contributed by atoms with Gasteiger partial charge in [0.2, 0.25) is 0 Å². The molecule has 1 aromatic carbocycles. The van der Waals surface area contributed by atoms with E-state index in [4.69, 9.17) is 4.74 Å². The Morgan fingerprint density at radius 2 is 2.21 bits per heavy atom. The summed E-state index contributed by atoms with van der Waals surface area (Å²) in [6.07, 6.45) is 1.70. The van der Waals surface area contributed by atoms with Gasteiger partial charge in [-0.25, -0.2) is 0 Å². The Labute approximate surface area is 119 Å². The third-order valence-electron chi connectivity index (χ3n) is 2.57. The highest BCUT2D eigenvalue weighted by Crippen LogP contribution is 2.22. The van der Waals surface area contributed by atoms with Crippen LogP contribution in [0.5, 0.6) is 5.75 Å². The first kappa shape index (κ1) is 13.5. The van der Waals surface area contributed by atoms with E-state index in [0.717, 1.165) is 10.2 Å². The van der Waals surface area contributed by atoms with E-state index < -0.39 is 0 Å². The van der Waals surface area contributed by atoms with Crippen molar-refractivity contribution in [3.05, 3.63) is 58.3 Å². The minimum Gasteiger partial charge on any atom is -0.497 e. The van der Waals surface area contributed by atoms with E-state index in [2.05, 4.69) is 26.2 Å². The van der Waals surface area contributed by atoms with Crippen LogP contribution in [-0.4, -0.2) is 18.0 Å². The number of ether oxygens (including phenoxy) is 1. The second-order valence-electron chi connectivity index (χ2n) is 3.85. The van der Waals surface area contributed by atoms with Crippen molar-refractivity contribution < 1.29 is 9.53 Å². The van der Waals surface area contributed by atoms with Crippen LogP contribution in [-0.2, 0) is 6.54 Å². The smallest absolute Gasteiger partial charge is 0.252 e. The van der Waals surface area contributed by atoms with Crippen molar-refractivity contribution >= 4 is 21.8 Å². The van der Waals surface area contributed by atoms with Crippen molar-refractivity contribution in [3.8, 4) is 5.75 Å². The highest BCUT2D eigenvalue weighted by Gasteiger charge is 2.11. The van der Waals surface area contributed by atoms with E-state index >= 15 is 0 Å². The molecule has 0 aliphatic rings. The van der Waals surface area contributed by atoms with Crippen LogP contribution in [0.15, 0.2) is 47.1 Å². The van der Waals surface area contributed by atoms with Crippen molar-refractivity contribution in [1.82, 2.24) is 10.3 Å². The maximum absolute atomic E-state index is 12.1. The highest BCUT2D eigenvalue weighted by molar-refractivity contribution is 9.10. The predicted octanol–water partition coefficient (Wildman–Crippen LogP) is 2.78. The van der Waals surface area contributed by atoms with E-state index in [9.17, 15) is 4.79 Å². The van der Waals surface area contributed by atoms with Crippen LogP contribution < -0.4 is 10.1 Å². The van der Waals surface area contributed by atoms with Crippen molar-refractivity contribution in [2.24, 2.45) is 0 Å². The van der Waals surface area contributed by atoms with Crippen LogP contribution in [0.1, 0.15) is 16.1 Å². The Morgan fingerprint density at radius 3 is 2.89 bits per heavy atom. The van der Waals surface area contributed by atoms with Gasteiger partial charge in [0, 0.05) is 10.7 Å². The van der Waals surface area contributed by atoms with Gasteiger partial charge in [-0.2, -0.15) is 0 Å². The van der Waals surface area contributed by atoms with Crippen molar-refractivity contribution in [3.63, 3.8) is 0 Å². The number of nitrogens with zero attached hydrogens (tertiary/aromatic N) is 1. The van der Waals surface area contributed by atoms with Crippen molar-refractivity contribution in [2.45, 2.75) is 6.54 Å². The van der Waals surface area contributed by atoms with E-state index in [1.165, 1.54) is 0 Å². The van der Waals surface area contributed by atoms with Gasteiger partial charge in [-0.3, -0.25) is 9.78 Å². The number of methoxy groups -OCH3 is 1. The lowest BCUT2D eigenvalue weighted by Crippen LogP contribution is -2.23. The summed E-state index contributed by atoms with van der Waals surface area (Å²) in [4.78, 5) is 16.2. The fraction of sp³-hybridized carbons (Fsp3) is 0.143. The van der Waals surface area contributed by atoms with E-state index in [0.29, 0.717) is 17.9 Å². The zero-order chi connectivity index (χ0) is 13.7. The average molecular weight is 321 g/mol. The number of carbonyl (C=O) groups is 1. The van der Waals surface area contributed by atoms with Gasteiger partial charge in [0.25, 0.3) is 5.91 Å². The van der Waals surface area contributed by atoms with Gasteiger partial charge in [0.05, 0.1) is 24.9 Å². The lowest BCUT2D eigenvalue weighted by molar-refractivity contribution is 0.0949. The van der Waals surface area contributed by atoms with Crippen molar-refractivity contribution in [1.29, 1.82) is 0 Å². The summed E-state index contributed by atoms with van der Waals surface area (Å²) in [6.45, 7) is 0.392. The number of hydrogen-bond acceptors (Lipinski definition) is 3. The maximum Gasteiger partial charge on any atom is 0.252 e. The molecule has 1 amide bonds. The van der Waals surface area contributed by atoms with Gasteiger partial charge in [0.1, 0.15) is 5.75 Å². The van der Waals surface area contributed by atoms with Gasteiger partial charge < -0.3 is 10.1 Å². The standard InChI is InChI=1S/C14H13BrN2O2/c1-19-11-5-6-13(15)12(8-11)14(18)17-9-10-4-2-3-7-16-10/h2-8H,9H2,1H3,(H,17,18). The third kappa shape index (κ3) is 3.54. The van der Waals surface area contributed by atoms with Crippen LogP contribution in [0, 0.1) is 0 Å². The average Bonchev–Trinajstić information content (AvgIpc) is 2.46. The second kappa shape index (κ2) is 6.33. The number of nitrogens with one attached hydrogen (secondary N) is 1. The minimum atomic E-state index is -0.170. The summed E-state index contributed by atoms with van der Waals surface area (Å²) in [6, 6.07) is 10.9. The SMILES string of the molecule is COc1ccc(Br)c(C(=O)NCc2ccccn2)c1. The van der Waals surface area contributed by atoms with Gasteiger partial charge in [0.15, 0.2) is 0 Å². The predicted molar refractivity (Wildman–Crippen MR) is 76.1 cm³/mol. The Balaban J connectivity index is 2.08. The molecule has 0 saturated carbocycles. The summed E-state index contributed by atoms with van der Waals surface area (Å²) >= 11 is 3.35. The molecular formula is C14H13BrN2O2. The summed E-state index contributed by atoms with van der Waals surface area (Å²) in [5.41, 5.74) is 1.35. The normalized spacial score (nSPS) is 10.0. The molecule has 4 nitrogen and oxygen atoms in total. The van der Waals surface area contributed by atoms with E-state index in [1.807, 2.05) is 18.2 Å². The number of aromatic nitrogens is 1. The Kier molecular flexibility index (Phi) is 4.52. The number of pyridine rings is 1. The topological polar surface area (TPSA) is 51.2 Å². The molecule has 0 bridgehead atoms. The third-order valence-corrected chi connectivity index (χ3v) is 3.27. The molecule has 1 aromatic heterocycles. The van der Waals surface area contributed by atoms with Gasteiger partial charge >= 0.3 is 0 Å². The molecule has 0 spiro atoms. The highest BCUT2D eigenvalue weighted by atomic mass is 79.9. The quantitative estimate of drug-likeness (QED) is 0.942. The molecule has 19 heavy (non-hydrogen) atoms. The molecule has 1 heterocycles. The fourth-order valence-corrected chi connectivity index (χ4v) is 2.00. The molecule has 0 unspecified atom stereocenters. The zero-order valence-electron chi connectivity index (χ0n) is 10.4. The fourth-order valence-electron chi connectivity index (χ4n) is 1.57. The monoisotopic (exact) mass is 320 g/mol. The lowest BCUT2D eigenvalue weighted by Gasteiger charge is -2.08. The number of hydrogen-bond donors (Lipinski definition) is 1. The number of carbonyl (C=O) groups excluding carboxylic acids is 1. The largest absolute Gasteiger partial charge is 0.497 e. The van der Waals surface area contributed by atoms with E-state index in [1.54, 1.807) is 31.5 Å². The molecule has 0 aliphatic heterocycles. The van der Waals surface area contributed by atoms with Crippen LogP contribution >= 0.6 is 15.9 Å². The van der Waals surface area contributed by atoms with Gasteiger partial charge in [-0.15, -0.1) is 0 Å². The summed E-state index contributed by atoms with van der Waals surface area (Å²) < 4.78 is 5.84. The van der Waals surface area contributed by atoms with Gasteiger partial charge in [-0.05, 0) is 46.3 Å². The molecule has 2 aromatic rings. The molecule has 98 valence electrons. The number of rotatable bonds is 4. The Hall–Kier alpha value is -1.88. The number of benzene rings is 1. The summed E-state index contributed by atoms with van der Waals surface area (Å²) in [5.74, 6) is 0.475. The van der Waals surface area contributed by atoms with Crippen LogP contribution in [0.2, 0.25) is 0 Å². The molecule has 0 fully saturated rings. The molecule has 1 N–H and O–H groups in total. The van der Waals surface area contributed by atoms with Gasteiger partial charge in [-0.1, -0.05) is 6.07 Å². The second-order valence-corrected chi connectivity index (χ2v) is 4.70. The molecule has 2 rings (SSSR count). The molecule has 5 heteroatoms. The molecule has 0 radical (unpaired) electrons. The van der Waals surface area contributed by atoms with Crippen LogP contribution in [0.4, 0.5) is 0 Å². The summed E-state index contributed by atoms with van der Waals surface area (Å²) in [7, 11) is 1.57. The van der Waals surface area contributed by atoms with Crippen LogP contribution in [0.25, 0.3) is 0 Å². The Morgan fingerprint density at radius 1 is 1.37 bits per heavy atom. The molecule has 0 atom stereocenters. The lowest BCUT2D eigenvalue weighted by atomic mass is 10.2. The van der Waals surface area contributed by atoms with Crippen molar-refractivity contribution in [2.75, 3.05) is 7.11 Å². The first-order valence-electron chi connectivity index (χ1n) is 5.72. The number of halogens is 1. The number of amides is 1. The van der Waals surface area contributed by atoms with E-state index in [-0.39, 0.29) is 5.91 Å². The maximum atomic E-state index is 12.1. The molecule has 0 saturated heterocycles. The summed E-state index contributed by atoms with van der Waals surface area (Å²) in [5, 5.41) is 2.82.